The third-order valence-corrected chi connectivity index (χ3v) is 1.70. The number of rotatable bonds is 0. The maximum Gasteiger partial charge on any atom is 0.0267 e. The van der Waals surface area contributed by atoms with Crippen LogP contribution in [-0.4, -0.2) is 15.0 Å². The average molecular weight is 505 g/mol. The minimum atomic E-state index is 0. The minimum Gasteiger partial charge on any atom is -0.265 e. The van der Waals surface area contributed by atoms with Gasteiger partial charge in [0, 0.05) is 58.2 Å². The summed E-state index contributed by atoms with van der Waals surface area (Å²) in [5.41, 5.74) is 0. The Hall–Kier alpha value is -2.64. The zero-order valence-corrected chi connectivity index (χ0v) is 16.1. The maximum absolute atomic E-state index is 7.50. The van der Waals surface area contributed by atoms with Crippen LogP contribution in [0.25, 0.3) is 0 Å². The van der Waals surface area contributed by atoms with Gasteiger partial charge in [-0.25, -0.2) is 0 Å². The zero-order chi connectivity index (χ0) is 18.7. The fourth-order valence-electron chi connectivity index (χ4n) is 0.938. The van der Waals surface area contributed by atoms with Gasteiger partial charge in [0.1, 0.15) is 0 Å². The van der Waals surface area contributed by atoms with Crippen molar-refractivity contribution in [2.45, 2.75) is 0 Å². The van der Waals surface area contributed by atoms with E-state index in [1.165, 1.54) is 0 Å². The van der Waals surface area contributed by atoms with Gasteiger partial charge in [-0.3, -0.25) is 15.0 Å². The molecule has 0 aromatic carbocycles. The second-order valence-corrected chi connectivity index (χ2v) is 3.07. The summed E-state index contributed by atoms with van der Waals surface area (Å²) in [6, 6.07) is 17.1. The van der Waals surface area contributed by atoms with Gasteiger partial charge in [-0.15, -0.1) is 0 Å². The van der Waals surface area contributed by atoms with Crippen molar-refractivity contribution in [3.63, 3.8) is 0 Å². The predicted octanol–water partition coefficient (Wildman–Crippen LogP) is 3.13. The number of nitrogens with zero attached hydrogens (tertiary/aromatic N) is 3. The Morgan fingerprint density at radius 1 is 0.360 bits per heavy atom. The Kier molecular flexibility index (Phi) is 45.4. The van der Waals surface area contributed by atoms with E-state index in [-0.39, 0.29) is 21.1 Å². The number of aromatic nitrogens is 3. The topological polar surface area (TPSA) is 98.4 Å². The van der Waals surface area contributed by atoms with E-state index in [0.29, 0.717) is 0 Å². The SMILES string of the molecule is [C-]#[O+].[C-]#[O+].[C-]#[O+].[W].c1ccncc1.c1ccncc1.c1ccncc1. The van der Waals surface area contributed by atoms with Crippen LogP contribution in [0.15, 0.2) is 91.8 Å². The van der Waals surface area contributed by atoms with Gasteiger partial charge in [0.15, 0.2) is 0 Å². The van der Waals surface area contributed by atoms with E-state index in [9.17, 15) is 0 Å². The largest absolute Gasteiger partial charge is 0.265 e. The molecule has 0 atom stereocenters. The molecule has 0 aliphatic carbocycles. The number of hydrogen-bond acceptors (Lipinski definition) is 3. The monoisotopic (exact) mass is 505 g/mol. The Labute approximate surface area is 161 Å². The molecule has 0 spiro atoms. The Balaban J connectivity index is -0.000000113. The van der Waals surface area contributed by atoms with Crippen molar-refractivity contribution in [1.29, 1.82) is 0 Å². The van der Waals surface area contributed by atoms with Crippen molar-refractivity contribution in [1.82, 2.24) is 15.0 Å². The first-order valence-corrected chi connectivity index (χ1v) is 6.16. The molecule has 0 saturated heterocycles. The molecule has 0 fully saturated rings. The van der Waals surface area contributed by atoms with Gasteiger partial charge in [-0.1, -0.05) is 18.2 Å². The molecule has 7 heteroatoms. The molecule has 0 saturated carbocycles. The van der Waals surface area contributed by atoms with Crippen molar-refractivity contribution in [3.05, 3.63) is 112 Å². The summed E-state index contributed by atoms with van der Waals surface area (Å²) in [5.74, 6) is 0. The van der Waals surface area contributed by atoms with E-state index in [1.807, 2.05) is 54.6 Å². The molecule has 0 unspecified atom stereocenters. The fourth-order valence-corrected chi connectivity index (χ4v) is 0.938. The van der Waals surface area contributed by atoms with E-state index in [4.69, 9.17) is 14.0 Å². The van der Waals surface area contributed by atoms with E-state index in [1.54, 1.807) is 37.2 Å². The van der Waals surface area contributed by atoms with Crippen LogP contribution in [0.1, 0.15) is 0 Å². The first kappa shape index (κ1) is 30.3. The van der Waals surface area contributed by atoms with E-state index in [0.717, 1.165) is 0 Å². The van der Waals surface area contributed by atoms with Gasteiger partial charge in [0.25, 0.3) is 0 Å². The van der Waals surface area contributed by atoms with Crippen LogP contribution in [0.3, 0.4) is 0 Å². The first-order chi connectivity index (χ1) is 12.0. The van der Waals surface area contributed by atoms with E-state index >= 15 is 0 Å². The molecule has 3 aromatic heterocycles. The molecule has 0 aliphatic rings. The summed E-state index contributed by atoms with van der Waals surface area (Å²) in [4.78, 5) is 11.4. The standard InChI is InChI=1S/3C5H5N.3CO.W/c3*1-2-4-6-5-3-1;3*1-2;/h3*1-5H;;;;. The summed E-state index contributed by atoms with van der Waals surface area (Å²) in [6.07, 6.45) is 10.5. The van der Waals surface area contributed by atoms with Crippen molar-refractivity contribution < 1.29 is 35.0 Å². The third kappa shape index (κ3) is 33.9. The summed E-state index contributed by atoms with van der Waals surface area (Å²) in [6.45, 7) is 13.5. The van der Waals surface area contributed by atoms with Crippen molar-refractivity contribution in [2.24, 2.45) is 0 Å². The second-order valence-electron chi connectivity index (χ2n) is 3.07. The van der Waals surface area contributed by atoms with Gasteiger partial charge >= 0.3 is 33.9 Å². The maximum atomic E-state index is 7.50. The van der Waals surface area contributed by atoms with Gasteiger partial charge in [0.2, 0.25) is 0 Å². The molecule has 3 aromatic rings. The van der Waals surface area contributed by atoms with Crippen LogP contribution in [0, 0.1) is 20.0 Å². The van der Waals surface area contributed by atoms with Crippen LogP contribution in [0.2, 0.25) is 0 Å². The molecule has 0 N–H and O–H groups in total. The van der Waals surface area contributed by atoms with Crippen LogP contribution in [0.5, 0.6) is 0 Å². The summed E-state index contributed by atoms with van der Waals surface area (Å²) < 4.78 is 22.5. The fraction of sp³-hybridized carbons (Fsp3) is 0. The molecular formula is C18H15N3O3W. The summed E-state index contributed by atoms with van der Waals surface area (Å²) in [7, 11) is 0. The average Bonchev–Trinajstić information content (AvgIpc) is 2.77. The quantitative estimate of drug-likeness (QED) is 0.347. The van der Waals surface area contributed by atoms with Gasteiger partial charge < -0.3 is 0 Å². The van der Waals surface area contributed by atoms with Crippen molar-refractivity contribution >= 4 is 0 Å². The van der Waals surface area contributed by atoms with Crippen LogP contribution in [-0.2, 0) is 35.0 Å². The smallest absolute Gasteiger partial charge is 0.0267 e. The summed E-state index contributed by atoms with van der Waals surface area (Å²) >= 11 is 0. The van der Waals surface area contributed by atoms with Gasteiger partial charge in [0.05, 0.1) is 0 Å². The van der Waals surface area contributed by atoms with Gasteiger partial charge in [-0.2, -0.15) is 0 Å². The molecule has 0 radical (unpaired) electrons. The zero-order valence-electron chi connectivity index (χ0n) is 13.1. The molecule has 0 bridgehead atoms. The number of hydrogen-bond donors (Lipinski definition) is 0. The van der Waals surface area contributed by atoms with Crippen molar-refractivity contribution in [3.8, 4) is 0 Å². The van der Waals surface area contributed by atoms with Crippen LogP contribution >= 0.6 is 0 Å². The van der Waals surface area contributed by atoms with Crippen LogP contribution in [0.4, 0.5) is 0 Å². The number of pyridine rings is 3. The third-order valence-electron chi connectivity index (χ3n) is 1.70. The molecule has 3 heterocycles. The minimum absolute atomic E-state index is 0. The predicted molar refractivity (Wildman–Crippen MR) is 84.5 cm³/mol. The second kappa shape index (κ2) is 37.5. The summed E-state index contributed by atoms with van der Waals surface area (Å²) in [5, 5.41) is 0. The molecule has 0 aliphatic heterocycles. The molecule has 3 rings (SSSR count). The van der Waals surface area contributed by atoms with E-state index in [2.05, 4.69) is 34.9 Å². The molecule has 25 heavy (non-hydrogen) atoms. The normalized spacial score (nSPS) is 6.00. The Bertz CT molecular complexity index is 422. The molecule has 0 amide bonds. The van der Waals surface area contributed by atoms with Gasteiger partial charge in [-0.05, 0) is 36.4 Å². The van der Waals surface area contributed by atoms with Crippen LogP contribution < -0.4 is 0 Å². The molecule has 6 nitrogen and oxygen atoms in total. The Morgan fingerprint density at radius 3 is 0.560 bits per heavy atom. The van der Waals surface area contributed by atoms with E-state index < -0.39 is 0 Å². The first-order valence-electron chi connectivity index (χ1n) is 6.16. The van der Waals surface area contributed by atoms with Crippen molar-refractivity contribution in [2.75, 3.05) is 0 Å². The molecule has 126 valence electrons. The Morgan fingerprint density at radius 2 is 0.520 bits per heavy atom. The molecular weight excluding hydrogens is 490 g/mol.